The third kappa shape index (κ3) is 3.37. The molecule has 0 unspecified atom stereocenters. The molecule has 0 aliphatic carbocycles. The summed E-state index contributed by atoms with van der Waals surface area (Å²) in [5.41, 5.74) is 2.30. The molecule has 1 saturated heterocycles. The van der Waals surface area contributed by atoms with Crippen LogP contribution in [0.5, 0.6) is 0 Å². The van der Waals surface area contributed by atoms with Crippen molar-refractivity contribution >= 4 is 5.91 Å². The molecule has 3 nitrogen and oxygen atoms in total. The van der Waals surface area contributed by atoms with Crippen LogP contribution in [-0.2, 0) is 22.7 Å². The number of rotatable bonds is 5. The summed E-state index contributed by atoms with van der Waals surface area (Å²) in [4.78, 5) is 14.2. The van der Waals surface area contributed by atoms with Crippen molar-refractivity contribution in [3.63, 3.8) is 0 Å². The fourth-order valence-electron chi connectivity index (χ4n) is 2.88. The van der Waals surface area contributed by atoms with E-state index >= 15 is 0 Å². The van der Waals surface area contributed by atoms with E-state index in [-0.39, 0.29) is 18.1 Å². The van der Waals surface area contributed by atoms with Gasteiger partial charge in [0.25, 0.3) is 0 Å². The van der Waals surface area contributed by atoms with Gasteiger partial charge in [-0.3, -0.25) is 4.79 Å². The van der Waals surface area contributed by atoms with Gasteiger partial charge < -0.3 is 9.64 Å². The van der Waals surface area contributed by atoms with Crippen molar-refractivity contribution in [1.29, 1.82) is 0 Å². The zero-order valence-electron chi connectivity index (χ0n) is 12.8. The van der Waals surface area contributed by atoms with Crippen LogP contribution in [0.1, 0.15) is 24.5 Å². The molecule has 0 spiro atoms. The molecular weight excluding hydrogens is 274 g/mol. The third-order valence-electron chi connectivity index (χ3n) is 4.23. The van der Waals surface area contributed by atoms with E-state index in [1.165, 1.54) is 0 Å². The van der Waals surface area contributed by atoms with Crippen molar-refractivity contribution in [3.8, 4) is 0 Å². The van der Waals surface area contributed by atoms with Gasteiger partial charge in [-0.25, -0.2) is 0 Å². The highest BCUT2D eigenvalue weighted by Crippen LogP contribution is 2.25. The molecular formula is C19H21NO2. The third-order valence-corrected chi connectivity index (χ3v) is 4.23. The van der Waals surface area contributed by atoms with Crippen molar-refractivity contribution in [2.45, 2.75) is 38.6 Å². The van der Waals surface area contributed by atoms with E-state index in [2.05, 4.69) is 19.1 Å². The lowest BCUT2D eigenvalue weighted by Crippen LogP contribution is -2.34. The van der Waals surface area contributed by atoms with E-state index in [4.69, 9.17) is 4.74 Å². The van der Waals surface area contributed by atoms with E-state index in [1.807, 2.05) is 53.4 Å². The van der Waals surface area contributed by atoms with Crippen molar-refractivity contribution in [2.24, 2.45) is 0 Å². The van der Waals surface area contributed by atoms with Crippen molar-refractivity contribution in [2.75, 3.05) is 0 Å². The predicted molar refractivity (Wildman–Crippen MR) is 86.1 cm³/mol. The Morgan fingerprint density at radius 2 is 1.59 bits per heavy atom. The second-order valence-electron chi connectivity index (χ2n) is 5.79. The van der Waals surface area contributed by atoms with Gasteiger partial charge in [-0.2, -0.15) is 0 Å². The first kappa shape index (κ1) is 14.8. The molecule has 2 atom stereocenters. The van der Waals surface area contributed by atoms with Crippen LogP contribution in [0.15, 0.2) is 60.7 Å². The molecule has 1 amide bonds. The van der Waals surface area contributed by atoms with Gasteiger partial charge in [0.1, 0.15) is 0 Å². The molecule has 2 aromatic carbocycles. The van der Waals surface area contributed by atoms with Crippen LogP contribution in [0.25, 0.3) is 0 Å². The van der Waals surface area contributed by atoms with E-state index < -0.39 is 0 Å². The zero-order valence-corrected chi connectivity index (χ0v) is 12.8. The summed E-state index contributed by atoms with van der Waals surface area (Å²) in [7, 11) is 0. The van der Waals surface area contributed by atoms with Gasteiger partial charge in [-0.05, 0) is 18.1 Å². The molecule has 0 saturated carbocycles. The lowest BCUT2D eigenvalue weighted by molar-refractivity contribution is -0.129. The van der Waals surface area contributed by atoms with Crippen molar-refractivity contribution in [3.05, 3.63) is 71.8 Å². The molecule has 1 aliphatic heterocycles. The Labute approximate surface area is 131 Å². The summed E-state index contributed by atoms with van der Waals surface area (Å²) in [6, 6.07) is 20.3. The number of hydrogen-bond donors (Lipinski definition) is 0. The smallest absolute Gasteiger partial charge is 0.225 e. The van der Waals surface area contributed by atoms with E-state index in [0.29, 0.717) is 19.6 Å². The van der Waals surface area contributed by atoms with Crippen LogP contribution in [0.3, 0.4) is 0 Å². The van der Waals surface area contributed by atoms with Crippen LogP contribution in [0.4, 0.5) is 0 Å². The Morgan fingerprint density at radius 1 is 1.00 bits per heavy atom. The summed E-state index contributed by atoms with van der Waals surface area (Å²) in [6.07, 6.45) is 0.442. The fraction of sp³-hybridized carbons (Fsp3) is 0.316. The highest BCUT2D eigenvalue weighted by atomic mass is 16.5. The van der Waals surface area contributed by atoms with Gasteiger partial charge in [-0.15, -0.1) is 0 Å². The predicted octanol–water partition coefficient (Wildman–Crippen LogP) is 3.39. The van der Waals surface area contributed by atoms with Gasteiger partial charge in [0.2, 0.25) is 5.91 Å². The zero-order chi connectivity index (χ0) is 15.4. The number of amides is 1. The van der Waals surface area contributed by atoms with E-state index in [1.54, 1.807) is 0 Å². The number of likely N-dealkylation sites (tertiary alicyclic amines) is 1. The Bertz CT molecular complexity index is 612. The maximum Gasteiger partial charge on any atom is 0.225 e. The Kier molecular flexibility index (Phi) is 4.54. The molecule has 1 aliphatic rings. The van der Waals surface area contributed by atoms with Gasteiger partial charge in [-0.1, -0.05) is 60.7 Å². The summed E-state index contributed by atoms with van der Waals surface area (Å²) in [5.74, 6) is 0.175. The highest BCUT2D eigenvalue weighted by molar-refractivity contribution is 5.79. The second-order valence-corrected chi connectivity index (χ2v) is 5.79. The summed E-state index contributed by atoms with van der Waals surface area (Å²) in [6.45, 7) is 3.29. The van der Waals surface area contributed by atoms with Gasteiger partial charge in [0.05, 0.1) is 25.2 Å². The number of hydrogen-bond acceptors (Lipinski definition) is 2. The Hall–Kier alpha value is -2.13. The normalized spacial score (nSPS) is 21.3. The quantitative estimate of drug-likeness (QED) is 0.846. The number of benzene rings is 2. The molecule has 2 aromatic rings. The summed E-state index contributed by atoms with van der Waals surface area (Å²) >= 11 is 0. The molecule has 0 bridgehead atoms. The number of carbonyl (C=O) groups is 1. The largest absolute Gasteiger partial charge is 0.371 e. The topological polar surface area (TPSA) is 29.5 Å². The molecule has 3 rings (SSSR count). The lowest BCUT2D eigenvalue weighted by atomic mass is 10.1. The minimum absolute atomic E-state index is 0.0311. The van der Waals surface area contributed by atoms with Crippen molar-refractivity contribution < 1.29 is 9.53 Å². The monoisotopic (exact) mass is 295 g/mol. The maximum absolute atomic E-state index is 12.3. The summed E-state index contributed by atoms with van der Waals surface area (Å²) in [5, 5.41) is 0. The van der Waals surface area contributed by atoms with Crippen LogP contribution < -0.4 is 0 Å². The standard InChI is InChI=1S/C19H21NO2/c1-15-18(22-14-17-10-6-3-7-11-17)12-19(21)20(15)13-16-8-4-2-5-9-16/h2-11,15,18H,12-14H2,1H3/t15-,18+/m1/s1. The van der Waals surface area contributed by atoms with Crippen LogP contribution in [0.2, 0.25) is 0 Å². The first-order chi connectivity index (χ1) is 10.7. The highest BCUT2D eigenvalue weighted by Gasteiger charge is 2.37. The molecule has 1 heterocycles. The van der Waals surface area contributed by atoms with Gasteiger partial charge in [0.15, 0.2) is 0 Å². The fourth-order valence-corrected chi connectivity index (χ4v) is 2.88. The molecule has 0 aromatic heterocycles. The van der Waals surface area contributed by atoms with Gasteiger partial charge >= 0.3 is 0 Å². The second kappa shape index (κ2) is 6.75. The maximum atomic E-state index is 12.3. The van der Waals surface area contributed by atoms with Crippen LogP contribution >= 0.6 is 0 Å². The molecule has 0 N–H and O–H groups in total. The summed E-state index contributed by atoms with van der Waals surface area (Å²) < 4.78 is 5.98. The Balaban J connectivity index is 1.60. The molecule has 0 radical (unpaired) electrons. The van der Waals surface area contributed by atoms with E-state index in [9.17, 15) is 4.79 Å². The lowest BCUT2D eigenvalue weighted by Gasteiger charge is -2.25. The van der Waals surface area contributed by atoms with E-state index in [0.717, 1.165) is 11.1 Å². The first-order valence-corrected chi connectivity index (χ1v) is 7.73. The number of nitrogens with zero attached hydrogens (tertiary/aromatic N) is 1. The first-order valence-electron chi connectivity index (χ1n) is 7.73. The average Bonchev–Trinajstić information content (AvgIpc) is 2.82. The molecule has 114 valence electrons. The minimum atomic E-state index is -0.0311. The van der Waals surface area contributed by atoms with Crippen molar-refractivity contribution in [1.82, 2.24) is 4.90 Å². The molecule has 22 heavy (non-hydrogen) atoms. The minimum Gasteiger partial charge on any atom is -0.371 e. The van der Waals surface area contributed by atoms with Crippen LogP contribution in [0, 0.1) is 0 Å². The number of ether oxygens (including phenoxy) is 1. The Morgan fingerprint density at radius 3 is 2.23 bits per heavy atom. The average molecular weight is 295 g/mol. The number of carbonyl (C=O) groups excluding carboxylic acids is 1. The SMILES string of the molecule is C[C@@H]1[C@@H](OCc2ccccc2)CC(=O)N1Cc1ccccc1. The van der Waals surface area contributed by atoms with Gasteiger partial charge in [0, 0.05) is 6.54 Å². The molecule has 3 heteroatoms. The molecule has 1 fully saturated rings. The van der Waals surface area contributed by atoms with Crippen LogP contribution in [-0.4, -0.2) is 23.0 Å².